The fraction of sp³-hybridized carbons (Fsp3) is 0.391. The molecule has 2 aromatic rings. The van der Waals surface area contributed by atoms with Gasteiger partial charge in [-0.25, -0.2) is 4.39 Å². The van der Waals surface area contributed by atoms with Gasteiger partial charge in [0, 0.05) is 37.4 Å². The molecule has 1 aromatic carbocycles. The Kier molecular flexibility index (Phi) is 6.59. The third-order valence-electron chi connectivity index (χ3n) is 5.70. The Labute approximate surface area is 175 Å². The second-order valence-corrected chi connectivity index (χ2v) is 7.64. The summed E-state index contributed by atoms with van der Waals surface area (Å²) in [4.78, 5) is 43.1. The van der Waals surface area contributed by atoms with Gasteiger partial charge >= 0.3 is 0 Å². The number of benzene rings is 1. The first-order valence-corrected chi connectivity index (χ1v) is 10.2. The summed E-state index contributed by atoms with van der Waals surface area (Å²) in [6, 6.07) is 5.83. The van der Waals surface area contributed by atoms with E-state index in [1.807, 2.05) is 13.8 Å². The summed E-state index contributed by atoms with van der Waals surface area (Å²) in [5, 5.41) is 2.77. The molecule has 0 saturated carbocycles. The highest BCUT2D eigenvalue weighted by molar-refractivity contribution is 6.36. The molecule has 158 valence electrons. The first kappa shape index (κ1) is 21.6. The minimum absolute atomic E-state index is 0.00626. The lowest BCUT2D eigenvalue weighted by Gasteiger charge is -2.30. The molecule has 1 unspecified atom stereocenters. The largest absolute Gasteiger partial charge is 0.348 e. The van der Waals surface area contributed by atoms with Crippen LogP contribution in [0.5, 0.6) is 0 Å². The molecule has 1 N–H and O–H groups in total. The maximum absolute atomic E-state index is 13.8. The zero-order chi connectivity index (χ0) is 21.8. The number of Topliss-reactive ketones (excluding diaryl/α,β-unsaturated/α-hetero) is 1. The van der Waals surface area contributed by atoms with Crippen LogP contribution in [0.2, 0.25) is 0 Å². The molecule has 0 radical (unpaired) electrons. The number of aryl methyl sites for hydroxylation is 1. The van der Waals surface area contributed by atoms with Gasteiger partial charge in [-0.3, -0.25) is 19.4 Å². The number of pyridine rings is 1. The number of ketones is 1. The average molecular weight is 411 g/mol. The van der Waals surface area contributed by atoms with Gasteiger partial charge in [0.1, 0.15) is 5.82 Å². The van der Waals surface area contributed by atoms with Crippen molar-refractivity contribution in [3.05, 3.63) is 64.2 Å². The number of carbonyl (C=O) groups excluding carboxylic acids is 3. The molecule has 30 heavy (non-hydrogen) atoms. The van der Waals surface area contributed by atoms with E-state index in [-0.39, 0.29) is 23.8 Å². The monoisotopic (exact) mass is 411 g/mol. The van der Waals surface area contributed by atoms with E-state index in [1.54, 1.807) is 24.1 Å². The molecule has 0 aliphatic carbocycles. The Bertz CT molecular complexity index is 990. The van der Waals surface area contributed by atoms with Crippen molar-refractivity contribution in [1.82, 2.24) is 15.2 Å². The fourth-order valence-corrected chi connectivity index (χ4v) is 3.59. The van der Waals surface area contributed by atoms with Crippen molar-refractivity contribution in [1.29, 1.82) is 0 Å². The third-order valence-corrected chi connectivity index (χ3v) is 5.70. The van der Waals surface area contributed by atoms with Crippen LogP contribution in [0.25, 0.3) is 0 Å². The molecule has 7 heteroatoms. The first-order chi connectivity index (χ1) is 14.3. The molecule has 1 aromatic heterocycles. The van der Waals surface area contributed by atoms with Crippen molar-refractivity contribution >= 4 is 17.6 Å². The van der Waals surface area contributed by atoms with Crippen molar-refractivity contribution in [3.63, 3.8) is 0 Å². The van der Waals surface area contributed by atoms with Crippen molar-refractivity contribution in [2.75, 3.05) is 6.54 Å². The molecule has 1 aliphatic heterocycles. The lowest BCUT2D eigenvalue weighted by atomic mass is 9.94. The summed E-state index contributed by atoms with van der Waals surface area (Å²) < 4.78 is 13.8. The summed E-state index contributed by atoms with van der Waals surface area (Å²) in [5.74, 6) is -2.17. The van der Waals surface area contributed by atoms with E-state index in [9.17, 15) is 18.8 Å². The van der Waals surface area contributed by atoms with Gasteiger partial charge in [-0.05, 0) is 48.6 Å². The second kappa shape index (κ2) is 9.15. The van der Waals surface area contributed by atoms with E-state index < -0.39 is 17.6 Å². The number of carbonyl (C=O) groups is 3. The minimum atomic E-state index is -0.569. The van der Waals surface area contributed by atoms with Gasteiger partial charge in [0.05, 0.1) is 5.56 Å². The smallest absolute Gasteiger partial charge is 0.290 e. The number of aromatic nitrogens is 1. The maximum Gasteiger partial charge on any atom is 0.290 e. The quantitative estimate of drug-likeness (QED) is 0.742. The molecule has 2 amide bonds. The normalized spacial score (nSPS) is 14.1. The van der Waals surface area contributed by atoms with Crippen LogP contribution in [0, 0.1) is 18.7 Å². The topological polar surface area (TPSA) is 79.4 Å². The summed E-state index contributed by atoms with van der Waals surface area (Å²) >= 11 is 0. The number of hydrogen-bond donors (Lipinski definition) is 1. The zero-order valence-electron chi connectivity index (χ0n) is 17.5. The molecular weight excluding hydrogens is 385 g/mol. The Balaban J connectivity index is 1.75. The molecule has 6 nitrogen and oxygen atoms in total. The minimum Gasteiger partial charge on any atom is -0.348 e. The Hall–Kier alpha value is -3.09. The van der Waals surface area contributed by atoms with Gasteiger partial charge in [0.15, 0.2) is 0 Å². The summed E-state index contributed by atoms with van der Waals surface area (Å²) in [7, 11) is 0. The number of rotatable bonds is 6. The first-order valence-electron chi connectivity index (χ1n) is 10.2. The van der Waals surface area contributed by atoms with Crippen molar-refractivity contribution in [2.45, 2.75) is 46.7 Å². The fourth-order valence-electron chi connectivity index (χ4n) is 3.59. The molecule has 1 atom stereocenters. The maximum atomic E-state index is 13.8. The second-order valence-electron chi connectivity index (χ2n) is 7.64. The van der Waals surface area contributed by atoms with Gasteiger partial charge in [-0.15, -0.1) is 0 Å². The number of hydrogen-bond acceptors (Lipinski definition) is 4. The Morgan fingerprint density at radius 3 is 2.70 bits per heavy atom. The van der Waals surface area contributed by atoms with Crippen LogP contribution < -0.4 is 5.32 Å². The average Bonchev–Trinajstić information content (AvgIpc) is 2.76. The summed E-state index contributed by atoms with van der Waals surface area (Å²) in [6.45, 7) is 6.47. The van der Waals surface area contributed by atoms with Crippen molar-refractivity contribution in [2.24, 2.45) is 5.92 Å². The van der Waals surface area contributed by atoms with Gasteiger partial charge in [-0.1, -0.05) is 26.0 Å². The Morgan fingerprint density at radius 2 is 2.00 bits per heavy atom. The number of fused-ring (bicyclic) bond motifs is 1. The van der Waals surface area contributed by atoms with Crippen LogP contribution in [0.1, 0.15) is 53.0 Å². The summed E-state index contributed by atoms with van der Waals surface area (Å²) in [5.41, 5.74) is 3.53. The van der Waals surface area contributed by atoms with Crippen LogP contribution in [0.15, 0.2) is 30.5 Å². The lowest BCUT2D eigenvalue weighted by Crippen LogP contribution is -2.42. The van der Waals surface area contributed by atoms with Crippen LogP contribution >= 0.6 is 0 Å². The summed E-state index contributed by atoms with van der Waals surface area (Å²) in [6.07, 6.45) is 2.92. The van der Waals surface area contributed by atoms with Gasteiger partial charge in [0.2, 0.25) is 5.78 Å². The standard InChI is InChI=1S/C23H26FN3O3/c1-4-14(2)21(28)23(30)27-10-9-17-16(13-27)11-25-15(3)19(17)12-26-22(29)18-7-5-6-8-20(18)24/h5-8,11,14H,4,9-10,12-13H2,1-3H3,(H,26,29). The molecular formula is C23H26FN3O3. The van der Waals surface area contributed by atoms with Crippen LogP contribution in [0.3, 0.4) is 0 Å². The highest BCUT2D eigenvalue weighted by Crippen LogP contribution is 2.24. The number of halogens is 1. The molecule has 2 heterocycles. The van der Waals surface area contributed by atoms with Crippen LogP contribution in [0.4, 0.5) is 4.39 Å². The number of nitrogens with one attached hydrogen (secondary N) is 1. The van der Waals surface area contributed by atoms with Gasteiger partial charge in [-0.2, -0.15) is 0 Å². The highest BCUT2D eigenvalue weighted by Gasteiger charge is 2.29. The van der Waals surface area contributed by atoms with Crippen molar-refractivity contribution < 1.29 is 18.8 Å². The van der Waals surface area contributed by atoms with E-state index in [4.69, 9.17) is 0 Å². The highest BCUT2D eigenvalue weighted by atomic mass is 19.1. The zero-order valence-corrected chi connectivity index (χ0v) is 17.5. The van der Waals surface area contributed by atoms with E-state index >= 15 is 0 Å². The van der Waals surface area contributed by atoms with E-state index in [0.29, 0.717) is 25.9 Å². The van der Waals surface area contributed by atoms with Crippen LogP contribution in [-0.4, -0.2) is 34.0 Å². The van der Waals surface area contributed by atoms with E-state index in [1.165, 1.54) is 18.2 Å². The molecule has 3 rings (SSSR count). The molecule has 0 spiro atoms. The number of amides is 2. The van der Waals surface area contributed by atoms with E-state index in [0.717, 1.165) is 22.4 Å². The third kappa shape index (κ3) is 4.40. The molecule has 0 bridgehead atoms. The van der Waals surface area contributed by atoms with Gasteiger partial charge < -0.3 is 10.2 Å². The molecule has 0 fully saturated rings. The van der Waals surface area contributed by atoms with Gasteiger partial charge in [0.25, 0.3) is 11.8 Å². The SMILES string of the molecule is CCC(C)C(=O)C(=O)N1CCc2c(cnc(C)c2CNC(=O)c2ccccc2F)C1. The Morgan fingerprint density at radius 1 is 1.27 bits per heavy atom. The predicted molar refractivity (Wildman–Crippen MR) is 110 cm³/mol. The molecule has 1 aliphatic rings. The number of nitrogens with zero attached hydrogens (tertiary/aromatic N) is 2. The predicted octanol–water partition coefficient (Wildman–Crippen LogP) is 2.96. The van der Waals surface area contributed by atoms with Crippen LogP contribution in [-0.2, 0) is 29.1 Å². The van der Waals surface area contributed by atoms with E-state index in [2.05, 4.69) is 10.3 Å². The lowest BCUT2D eigenvalue weighted by molar-refractivity contribution is -0.147. The van der Waals surface area contributed by atoms with Crippen molar-refractivity contribution in [3.8, 4) is 0 Å². The molecule has 0 saturated heterocycles.